The SMILES string of the molecule is CCCN(Cc1nc2cccc(-c3cnc(OC)nc3)c2c(=O)n1-c1ccccc1)c1ncnc(N)c1C#N. The van der Waals surface area contributed by atoms with Crippen LogP contribution in [0.2, 0.25) is 0 Å². The van der Waals surface area contributed by atoms with Crippen molar-refractivity contribution in [1.29, 1.82) is 5.26 Å². The smallest absolute Gasteiger partial charge is 0.316 e. The molecule has 5 aromatic rings. The summed E-state index contributed by atoms with van der Waals surface area (Å²) < 4.78 is 6.68. The van der Waals surface area contributed by atoms with Crippen LogP contribution in [0.1, 0.15) is 24.7 Å². The Kier molecular flexibility index (Phi) is 7.09. The summed E-state index contributed by atoms with van der Waals surface area (Å²) >= 11 is 0. The largest absolute Gasteiger partial charge is 0.467 e. The minimum atomic E-state index is -0.244. The molecule has 0 bridgehead atoms. The van der Waals surface area contributed by atoms with Gasteiger partial charge in [0.05, 0.1) is 30.2 Å². The van der Waals surface area contributed by atoms with Gasteiger partial charge in [0.2, 0.25) is 0 Å². The maximum Gasteiger partial charge on any atom is 0.316 e. The van der Waals surface area contributed by atoms with E-state index >= 15 is 0 Å². The Hall–Kier alpha value is -5.37. The lowest BCUT2D eigenvalue weighted by atomic mass is 10.0. The second-order valence-corrected chi connectivity index (χ2v) is 8.65. The van der Waals surface area contributed by atoms with Crippen molar-refractivity contribution in [3.63, 3.8) is 0 Å². The highest BCUT2D eigenvalue weighted by atomic mass is 16.5. The molecule has 11 heteroatoms. The minimum Gasteiger partial charge on any atom is -0.467 e. The third-order valence-corrected chi connectivity index (χ3v) is 6.20. The molecule has 194 valence electrons. The van der Waals surface area contributed by atoms with Gasteiger partial charge < -0.3 is 15.4 Å². The number of benzene rings is 2. The number of nitrogen functional groups attached to an aromatic ring is 1. The number of fused-ring (bicyclic) bond motifs is 1. The number of para-hydroxylation sites is 1. The van der Waals surface area contributed by atoms with Gasteiger partial charge in [-0.05, 0) is 30.2 Å². The Morgan fingerprint density at radius 1 is 1.05 bits per heavy atom. The van der Waals surface area contributed by atoms with E-state index in [1.807, 2.05) is 54.3 Å². The molecule has 0 unspecified atom stereocenters. The fraction of sp³-hybridized carbons (Fsp3) is 0.179. The standard InChI is InChI=1S/C28H25N9O2/c1-3-12-36(26-21(13-29)25(30)33-17-34-26)16-23-35-22-11-7-10-20(18-14-31-28(39-2)32-15-18)24(22)27(38)37(23)19-8-5-4-6-9-19/h4-11,14-15,17H,3,12,16H2,1-2H3,(H2,30,33,34). The number of nitrogens with two attached hydrogens (primary N) is 1. The van der Waals surface area contributed by atoms with E-state index in [9.17, 15) is 10.1 Å². The third kappa shape index (κ3) is 4.83. The number of methoxy groups -OCH3 is 1. The molecule has 11 nitrogen and oxygen atoms in total. The number of rotatable bonds is 8. The van der Waals surface area contributed by atoms with Gasteiger partial charge in [0.1, 0.15) is 29.6 Å². The summed E-state index contributed by atoms with van der Waals surface area (Å²) in [6, 6.07) is 17.1. The van der Waals surface area contributed by atoms with Gasteiger partial charge in [0.15, 0.2) is 5.82 Å². The van der Waals surface area contributed by atoms with Gasteiger partial charge in [0, 0.05) is 24.5 Å². The first kappa shape index (κ1) is 25.3. The molecule has 0 fully saturated rings. The second-order valence-electron chi connectivity index (χ2n) is 8.65. The van der Waals surface area contributed by atoms with Crippen molar-refractivity contribution in [2.75, 3.05) is 24.3 Å². The van der Waals surface area contributed by atoms with Crippen LogP contribution in [0.15, 0.2) is 72.0 Å². The zero-order valence-electron chi connectivity index (χ0n) is 21.4. The van der Waals surface area contributed by atoms with Crippen LogP contribution in [0.5, 0.6) is 6.01 Å². The number of hydrogen-bond donors (Lipinski definition) is 1. The van der Waals surface area contributed by atoms with Crippen LogP contribution in [-0.2, 0) is 6.54 Å². The van der Waals surface area contributed by atoms with Gasteiger partial charge in [-0.2, -0.15) is 5.26 Å². The summed E-state index contributed by atoms with van der Waals surface area (Å²) in [6.07, 6.45) is 5.33. The summed E-state index contributed by atoms with van der Waals surface area (Å²) in [5, 5.41) is 10.2. The van der Waals surface area contributed by atoms with Gasteiger partial charge in [-0.25, -0.2) is 24.9 Å². The van der Waals surface area contributed by atoms with Crippen molar-refractivity contribution in [1.82, 2.24) is 29.5 Å². The molecular formula is C28H25N9O2. The topological polar surface area (TPSA) is 149 Å². The van der Waals surface area contributed by atoms with Crippen molar-refractivity contribution in [2.24, 2.45) is 0 Å². The molecule has 0 saturated heterocycles. The van der Waals surface area contributed by atoms with Crippen molar-refractivity contribution in [3.8, 4) is 28.9 Å². The maximum atomic E-state index is 14.3. The molecule has 2 aromatic carbocycles. The van der Waals surface area contributed by atoms with E-state index in [0.29, 0.717) is 45.9 Å². The molecular weight excluding hydrogens is 494 g/mol. The molecule has 0 saturated carbocycles. The first-order chi connectivity index (χ1) is 19.0. The quantitative estimate of drug-likeness (QED) is 0.323. The molecule has 3 aromatic heterocycles. The van der Waals surface area contributed by atoms with Crippen LogP contribution >= 0.6 is 0 Å². The van der Waals surface area contributed by atoms with E-state index in [1.165, 1.54) is 13.4 Å². The van der Waals surface area contributed by atoms with Crippen LogP contribution in [0.25, 0.3) is 27.7 Å². The highest BCUT2D eigenvalue weighted by Gasteiger charge is 2.21. The van der Waals surface area contributed by atoms with Crippen LogP contribution in [-0.4, -0.2) is 43.1 Å². The Labute approximate surface area is 224 Å². The average Bonchev–Trinajstić information content (AvgIpc) is 2.97. The van der Waals surface area contributed by atoms with E-state index in [-0.39, 0.29) is 29.5 Å². The van der Waals surface area contributed by atoms with Gasteiger partial charge in [-0.1, -0.05) is 37.3 Å². The van der Waals surface area contributed by atoms with Crippen LogP contribution in [0.4, 0.5) is 11.6 Å². The maximum absolute atomic E-state index is 14.3. The monoisotopic (exact) mass is 519 g/mol. The Bertz CT molecular complexity index is 1730. The normalized spacial score (nSPS) is 10.8. The highest BCUT2D eigenvalue weighted by Crippen LogP contribution is 2.28. The zero-order chi connectivity index (χ0) is 27.4. The number of hydrogen-bond acceptors (Lipinski definition) is 10. The van der Waals surface area contributed by atoms with Gasteiger partial charge in [-0.3, -0.25) is 9.36 Å². The van der Waals surface area contributed by atoms with E-state index in [0.717, 1.165) is 6.42 Å². The third-order valence-electron chi connectivity index (χ3n) is 6.20. The summed E-state index contributed by atoms with van der Waals surface area (Å²) in [6.45, 7) is 2.77. The zero-order valence-corrected chi connectivity index (χ0v) is 21.4. The van der Waals surface area contributed by atoms with Crippen molar-refractivity contribution >= 4 is 22.5 Å². The van der Waals surface area contributed by atoms with E-state index in [1.54, 1.807) is 23.0 Å². The summed E-state index contributed by atoms with van der Waals surface area (Å²) in [4.78, 5) is 37.8. The lowest BCUT2D eigenvalue weighted by Gasteiger charge is -2.25. The molecule has 0 amide bonds. The summed E-state index contributed by atoms with van der Waals surface area (Å²) in [5.74, 6) is 0.975. The molecule has 2 N–H and O–H groups in total. The molecule has 3 heterocycles. The molecule has 5 rings (SSSR count). The lowest BCUT2D eigenvalue weighted by molar-refractivity contribution is 0.380. The van der Waals surface area contributed by atoms with E-state index < -0.39 is 0 Å². The van der Waals surface area contributed by atoms with Crippen LogP contribution < -0.4 is 20.9 Å². The fourth-order valence-corrected chi connectivity index (χ4v) is 4.46. The van der Waals surface area contributed by atoms with E-state index in [2.05, 4.69) is 26.0 Å². The molecule has 0 atom stereocenters. The number of aromatic nitrogens is 6. The second kappa shape index (κ2) is 10.9. The highest BCUT2D eigenvalue weighted by molar-refractivity contribution is 5.94. The minimum absolute atomic E-state index is 0.0990. The molecule has 0 aliphatic carbocycles. The number of nitrogens with zero attached hydrogens (tertiary/aromatic N) is 8. The van der Waals surface area contributed by atoms with Crippen molar-refractivity contribution < 1.29 is 4.74 Å². The molecule has 0 spiro atoms. The summed E-state index contributed by atoms with van der Waals surface area (Å²) in [5.41, 5.74) is 8.42. The Morgan fingerprint density at radius 2 is 1.82 bits per heavy atom. The Balaban J connectivity index is 1.74. The molecule has 0 aliphatic heterocycles. The van der Waals surface area contributed by atoms with Crippen molar-refractivity contribution in [3.05, 3.63) is 89.0 Å². The molecule has 39 heavy (non-hydrogen) atoms. The predicted molar refractivity (Wildman–Crippen MR) is 147 cm³/mol. The summed E-state index contributed by atoms with van der Waals surface area (Å²) in [7, 11) is 1.49. The number of nitriles is 1. The van der Waals surface area contributed by atoms with Crippen LogP contribution in [0, 0.1) is 11.3 Å². The van der Waals surface area contributed by atoms with Crippen molar-refractivity contribution in [2.45, 2.75) is 19.9 Å². The number of anilines is 2. The van der Waals surface area contributed by atoms with Gasteiger partial charge >= 0.3 is 6.01 Å². The van der Waals surface area contributed by atoms with Gasteiger partial charge in [-0.15, -0.1) is 0 Å². The average molecular weight is 520 g/mol. The fourth-order valence-electron chi connectivity index (χ4n) is 4.46. The number of ether oxygens (including phenoxy) is 1. The van der Waals surface area contributed by atoms with E-state index in [4.69, 9.17) is 15.5 Å². The Morgan fingerprint density at radius 3 is 2.51 bits per heavy atom. The first-order valence-electron chi connectivity index (χ1n) is 12.3. The molecule has 0 aliphatic rings. The van der Waals surface area contributed by atoms with Crippen LogP contribution in [0.3, 0.4) is 0 Å². The molecule has 0 radical (unpaired) electrons. The lowest BCUT2D eigenvalue weighted by Crippen LogP contribution is -2.32. The first-order valence-corrected chi connectivity index (χ1v) is 12.3. The van der Waals surface area contributed by atoms with Gasteiger partial charge in [0.25, 0.3) is 5.56 Å². The predicted octanol–water partition coefficient (Wildman–Crippen LogP) is 3.51.